The summed E-state index contributed by atoms with van der Waals surface area (Å²) in [5.41, 5.74) is 4.42. The molecule has 0 bridgehead atoms. The van der Waals surface area contributed by atoms with Gasteiger partial charge in [-0.05, 0) is 43.7 Å². The zero-order valence-electron chi connectivity index (χ0n) is 15.5. The Labute approximate surface area is 159 Å². The SMILES string of the molecule is CCOP(=O)(Cc1ccc(-c2cccc(-c3ccccn3)n2)cc1)OCC. The van der Waals surface area contributed by atoms with E-state index in [9.17, 15) is 4.57 Å². The van der Waals surface area contributed by atoms with E-state index in [1.54, 1.807) is 6.20 Å². The van der Waals surface area contributed by atoms with Crippen molar-refractivity contribution in [1.29, 1.82) is 0 Å². The van der Waals surface area contributed by atoms with E-state index in [-0.39, 0.29) is 6.16 Å². The van der Waals surface area contributed by atoms with Gasteiger partial charge >= 0.3 is 7.60 Å². The fourth-order valence-corrected chi connectivity index (χ4v) is 4.48. The molecule has 0 aliphatic rings. The molecular weight excluding hydrogens is 359 g/mol. The fraction of sp³-hybridized carbons (Fsp3) is 0.238. The second-order valence-corrected chi connectivity index (χ2v) is 7.98. The molecule has 0 N–H and O–H groups in total. The van der Waals surface area contributed by atoms with Crippen LogP contribution in [0.5, 0.6) is 0 Å². The van der Waals surface area contributed by atoms with Crippen molar-refractivity contribution >= 4 is 7.60 Å². The number of pyridine rings is 2. The quantitative estimate of drug-likeness (QED) is 0.476. The van der Waals surface area contributed by atoms with E-state index in [1.165, 1.54) is 0 Å². The van der Waals surface area contributed by atoms with Gasteiger partial charge in [-0.15, -0.1) is 0 Å². The summed E-state index contributed by atoms with van der Waals surface area (Å²) in [5, 5.41) is 0. The van der Waals surface area contributed by atoms with Crippen LogP contribution < -0.4 is 0 Å². The number of hydrogen-bond acceptors (Lipinski definition) is 5. The Morgan fingerprint density at radius 2 is 1.48 bits per heavy atom. The Kier molecular flexibility index (Phi) is 6.51. The lowest BCUT2D eigenvalue weighted by atomic mass is 10.1. The van der Waals surface area contributed by atoms with Crippen molar-refractivity contribution in [3.8, 4) is 22.6 Å². The van der Waals surface area contributed by atoms with Crippen LogP contribution in [0.3, 0.4) is 0 Å². The Morgan fingerprint density at radius 1 is 0.815 bits per heavy atom. The van der Waals surface area contributed by atoms with Crippen molar-refractivity contribution in [2.45, 2.75) is 20.0 Å². The van der Waals surface area contributed by atoms with E-state index in [2.05, 4.69) is 4.98 Å². The molecule has 2 aromatic heterocycles. The Balaban J connectivity index is 1.81. The molecule has 0 amide bonds. The van der Waals surface area contributed by atoms with Gasteiger partial charge < -0.3 is 9.05 Å². The van der Waals surface area contributed by atoms with Crippen LogP contribution in [0, 0.1) is 0 Å². The van der Waals surface area contributed by atoms with Crippen molar-refractivity contribution in [2.24, 2.45) is 0 Å². The maximum Gasteiger partial charge on any atom is 0.335 e. The summed E-state index contributed by atoms with van der Waals surface area (Å²) in [4.78, 5) is 9.06. The number of benzene rings is 1. The highest BCUT2D eigenvalue weighted by molar-refractivity contribution is 7.53. The highest BCUT2D eigenvalue weighted by Crippen LogP contribution is 2.51. The summed E-state index contributed by atoms with van der Waals surface area (Å²) >= 11 is 0. The van der Waals surface area contributed by atoms with E-state index in [4.69, 9.17) is 14.0 Å². The maximum absolute atomic E-state index is 12.7. The summed E-state index contributed by atoms with van der Waals surface area (Å²) in [6, 6.07) is 19.5. The summed E-state index contributed by atoms with van der Waals surface area (Å²) in [5.74, 6) is 0. The van der Waals surface area contributed by atoms with Gasteiger partial charge in [0.05, 0.1) is 36.5 Å². The topological polar surface area (TPSA) is 61.3 Å². The Morgan fingerprint density at radius 3 is 2.11 bits per heavy atom. The molecule has 0 saturated carbocycles. The highest BCUT2D eigenvalue weighted by Gasteiger charge is 2.23. The second kappa shape index (κ2) is 9.05. The van der Waals surface area contributed by atoms with Crippen LogP contribution in [-0.4, -0.2) is 23.2 Å². The number of hydrogen-bond donors (Lipinski definition) is 0. The van der Waals surface area contributed by atoms with Crippen LogP contribution in [0.1, 0.15) is 19.4 Å². The third-order valence-corrected chi connectivity index (χ3v) is 6.01. The third kappa shape index (κ3) is 5.10. The van der Waals surface area contributed by atoms with Crippen LogP contribution in [-0.2, 0) is 19.8 Å². The van der Waals surface area contributed by atoms with Gasteiger partial charge in [-0.25, -0.2) is 4.98 Å². The van der Waals surface area contributed by atoms with Gasteiger partial charge in [0.2, 0.25) is 0 Å². The van der Waals surface area contributed by atoms with Crippen LogP contribution >= 0.6 is 7.60 Å². The lowest BCUT2D eigenvalue weighted by Gasteiger charge is -2.17. The van der Waals surface area contributed by atoms with Gasteiger partial charge in [0.1, 0.15) is 0 Å². The van der Waals surface area contributed by atoms with Crippen LogP contribution in [0.2, 0.25) is 0 Å². The van der Waals surface area contributed by atoms with Crippen molar-refractivity contribution in [3.05, 3.63) is 72.4 Å². The Hall–Kier alpha value is -2.33. The molecule has 3 rings (SSSR count). The predicted octanol–water partition coefficient (Wildman–Crippen LogP) is 5.58. The van der Waals surface area contributed by atoms with E-state index in [1.807, 2.05) is 74.5 Å². The molecule has 0 unspecified atom stereocenters. The van der Waals surface area contributed by atoms with E-state index in [0.29, 0.717) is 13.2 Å². The van der Waals surface area contributed by atoms with Crippen LogP contribution in [0.15, 0.2) is 66.9 Å². The first kappa shape index (κ1) is 19.4. The zero-order valence-corrected chi connectivity index (χ0v) is 16.4. The van der Waals surface area contributed by atoms with Crippen molar-refractivity contribution in [1.82, 2.24) is 9.97 Å². The minimum absolute atomic E-state index is 0.260. The molecule has 0 radical (unpaired) electrons. The van der Waals surface area contributed by atoms with E-state index >= 15 is 0 Å². The average Bonchev–Trinajstić information content (AvgIpc) is 2.69. The average molecular weight is 382 g/mol. The highest BCUT2D eigenvalue weighted by atomic mass is 31.2. The molecule has 27 heavy (non-hydrogen) atoms. The lowest BCUT2D eigenvalue weighted by Crippen LogP contribution is -1.99. The standard InChI is InChI=1S/C21H23N2O3P/c1-3-25-27(24,26-4-2)16-17-11-13-18(14-12-17)19-9-7-10-21(23-19)20-8-5-6-15-22-20/h5-15H,3-4,16H2,1-2H3. The molecule has 1 aromatic carbocycles. The van der Waals surface area contributed by atoms with Crippen molar-refractivity contribution in [2.75, 3.05) is 13.2 Å². The van der Waals surface area contributed by atoms with Crippen LogP contribution in [0.4, 0.5) is 0 Å². The molecule has 2 heterocycles. The molecule has 0 aliphatic carbocycles. The molecule has 0 spiro atoms. The largest absolute Gasteiger partial charge is 0.335 e. The molecule has 140 valence electrons. The van der Waals surface area contributed by atoms with Gasteiger partial charge in [0.15, 0.2) is 0 Å². The van der Waals surface area contributed by atoms with Gasteiger partial charge in [0.25, 0.3) is 0 Å². The van der Waals surface area contributed by atoms with Gasteiger partial charge in [-0.1, -0.05) is 36.4 Å². The first-order valence-corrected chi connectivity index (χ1v) is 10.7. The number of aromatic nitrogens is 2. The van der Waals surface area contributed by atoms with E-state index in [0.717, 1.165) is 28.2 Å². The van der Waals surface area contributed by atoms with Crippen molar-refractivity contribution in [3.63, 3.8) is 0 Å². The van der Waals surface area contributed by atoms with Gasteiger partial charge in [0, 0.05) is 11.8 Å². The molecule has 6 heteroatoms. The zero-order chi connectivity index (χ0) is 19.1. The normalized spacial score (nSPS) is 11.5. The summed E-state index contributed by atoms with van der Waals surface area (Å²) < 4.78 is 23.4. The maximum atomic E-state index is 12.7. The van der Waals surface area contributed by atoms with Gasteiger partial charge in [-0.2, -0.15) is 0 Å². The lowest BCUT2D eigenvalue weighted by molar-refractivity contribution is 0.219. The number of rotatable bonds is 8. The molecular formula is C21H23N2O3P. The molecule has 0 fully saturated rings. The minimum atomic E-state index is -3.10. The molecule has 0 saturated heterocycles. The smallest absolute Gasteiger partial charge is 0.309 e. The van der Waals surface area contributed by atoms with Gasteiger partial charge in [-0.3, -0.25) is 9.55 Å². The van der Waals surface area contributed by atoms with Crippen molar-refractivity contribution < 1.29 is 13.6 Å². The summed E-state index contributed by atoms with van der Waals surface area (Å²) in [6.45, 7) is 4.35. The monoisotopic (exact) mass is 382 g/mol. The first-order valence-electron chi connectivity index (χ1n) is 8.99. The Bertz CT molecular complexity index is 904. The first-order chi connectivity index (χ1) is 13.1. The van der Waals surface area contributed by atoms with Crippen LogP contribution in [0.25, 0.3) is 22.6 Å². The minimum Gasteiger partial charge on any atom is -0.309 e. The summed E-state index contributed by atoms with van der Waals surface area (Å²) in [6.07, 6.45) is 2.02. The van der Waals surface area contributed by atoms with E-state index < -0.39 is 7.60 Å². The summed E-state index contributed by atoms with van der Waals surface area (Å²) in [7, 11) is -3.10. The predicted molar refractivity (Wildman–Crippen MR) is 107 cm³/mol. The second-order valence-electron chi connectivity index (χ2n) is 5.92. The molecule has 0 atom stereocenters. The molecule has 3 aromatic rings. The fourth-order valence-electron chi connectivity index (χ4n) is 2.78. The molecule has 5 nitrogen and oxygen atoms in total. The molecule has 0 aliphatic heterocycles. The number of nitrogens with zero attached hydrogens (tertiary/aromatic N) is 2. The third-order valence-electron chi connectivity index (χ3n) is 3.95.